The Morgan fingerprint density at radius 1 is 1.50 bits per heavy atom. The molecule has 0 amide bonds. The minimum Gasteiger partial charge on any atom is -0.328 e. The Balaban J connectivity index is 1.86. The van der Waals surface area contributed by atoms with Crippen molar-refractivity contribution in [1.82, 2.24) is 14.1 Å². The van der Waals surface area contributed by atoms with Crippen LogP contribution in [0.3, 0.4) is 0 Å². The van der Waals surface area contributed by atoms with Gasteiger partial charge >= 0.3 is 0 Å². The summed E-state index contributed by atoms with van der Waals surface area (Å²) >= 11 is 1.78. The zero-order valence-corrected chi connectivity index (χ0v) is 9.20. The summed E-state index contributed by atoms with van der Waals surface area (Å²) in [5.41, 5.74) is 5.84. The highest BCUT2D eigenvalue weighted by molar-refractivity contribution is 7.97. The third kappa shape index (κ3) is 2.50. The fourth-order valence-electron chi connectivity index (χ4n) is 1.56. The summed E-state index contributed by atoms with van der Waals surface area (Å²) in [6.45, 7) is 2.17. The van der Waals surface area contributed by atoms with Crippen LogP contribution in [0.5, 0.6) is 0 Å². The van der Waals surface area contributed by atoms with Gasteiger partial charge < -0.3 is 5.73 Å². The van der Waals surface area contributed by atoms with E-state index in [4.69, 9.17) is 5.73 Å². The fraction of sp³-hybridized carbons (Fsp3) is 0.667. The van der Waals surface area contributed by atoms with E-state index >= 15 is 0 Å². The Morgan fingerprint density at radius 2 is 2.21 bits per heavy atom. The second kappa shape index (κ2) is 4.33. The Labute approximate surface area is 88.6 Å². The SMILES string of the molecule is Cn1cc(SN2CCC(N)CC2)cn1. The van der Waals surface area contributed by atoms with E-state index < -0.39 is 0 Å². The Morgan fingerprint density at radius 3 is 2.79 bits per heavy atom. The maximum Gasteiger partial charge on any atom is 0.0639 e. The number of nitrogens with zero attached hydrogens (tertiary/aromatic N) is 3. The molecule has 0 spiro atoms. The van der Waals surface area contributed by atoms with Gasteiger partial charge in [0.15, 0.2) is 0 Å². The van der Waals surface area contributed by atoms with Gasteiger partial charge in [0.1, 0.15) is 0 Å². The summed E-state index contributed by atoms with van der Waals surface area (Å²) in [5.74, 6) is 0. The Kier molecular flexibility index (Phi) is 3.10. The third-order valence-corrected chi connectivity index (χ3v) is 3.46. The van der Waals surface area contributed by atoms with Gasteiger partial charge in [-0.3, -0.25) is 4.68 Å². The summed E-state index contributed by atoms with van der Waals surface area (Å²) in [6, 6.07) is 0.403. The molecule has 78 valence electrons. The molecule has 2 N–H and O–H groups in total. The van der Waals surface area contributed by atoms with Crippen molar-refractivity contribution in [3.8, 4) is 0 Å². The molecular weight excluding hydrogens is 196 g/mol. The number of aryl methyl sites for hydroxylation is 1. The van der Waals surface area contributed by atoms with Gasteiger partial charge in [0, 0.05) is 32.4 Å². The van der Waals surface area contributed by atoms with Crippen LogP contribution in [0.1, 0.15) is 12.8 Å². The molecule has 0 saturated carbocycles. The largest absolute Gasteiger partial charge is 0.328 e. The third-order valence-electron chi connectivity index (χ3n) is 2.41. The van der Waals surface area contributed by atoms with Crippen molar-refractivity contribution >= 4 is 11.9 Å². The molecular formula is C9H16N4S. The van der Waals surface area contributed by atoms with E-state index in [0.29, 0.717) is 6.04 Å². The van der Waals surface area contributed by atoms with Crippen LogP contribution in [0, 0.1) is 0 Å². The number of nitrogens with two attached hydrogens (primary N) is 1. The second-order valence-electron chi connectivity index (χ2n) is 3.71. The average Bonchev–Trinajstić information content (AvgIpc) is 2.56. The van der Waals surface area contributed by atoms with Gasteiger partial charge in [-0.15, -0.1) is 0 Å². The molecule has 14 heavy (non-hydrogen) atoms. The molecule has 1 aromatic rings. The van der Waals surface area contributed by atoms with E-state index in [1.54, 1.807) is 11.9 Å². The number of hydrogen-bond donors (Lipinski definition) is 1. The van der Waals surface area contributed by atoms with Crippen LogP contribution in [0.4, 0.5) is 0 Å². The molecule has 5 heteroatoms. The number of piperidine rings is 1. The highest BCUT2D eigenvalue weighted by Gasteiger charge is 2.16. The van der Waals surface area contributed by atoms with Crippen molar-refractivity contribution < 1.29 is 0 Å². The van der Waals surface area contributed by atoms with Gasteiger partial charge in [0.25, 0.3) is 0 Å². The van der Waals surface area contributed by atoms with E-state index in [2.05, 4.69) is 9.40 Å². The van der Waals surface area contributed by atoms with Crippen LogP contribution in [0.25, 0.3) is 0 Å². The lowest BCUT2D eigenvalue weighted by molar-refractivity contribution is 0.346. The first-order chi connectivity index (χ1) is 6.74. The van der Waals surface area contributed by atoms with Crippen molar-refractivity contribution in [2.75, 3.05) is 13.1 Å². The summed E-state index contributed by atoms with van der Waals surface area (Å²) < 4.78 is 4.19. The molecule has 2 heterocycles. The van der Waals surface area contributed by atoms with Crippen LogP contribution in [0.2, 0.25) is 0 Å². The first-order valence-electron chi connectivity index (χ1n) is 4.91. The number of rotatable bonds is 2. The van der Waals surface area contributed by atoms with Crippen LogP contribution in [-0.2, 0) is 7.05 Å². The lowest BCUT2D eigenvalue weighted by atomic mass is 10.1. The highest BCUT2D eigenvalue weighted by atomic mass is 32.2. The lowest BCUT2D eigenvalue weighted by Crippen LogP contribution is -2.35. The molecule has 0 unspecified atom stereocenters. The molecule has 1 aromatic heterocycles. The molecule has 4 nitrogen and oxygen atoms in total. The molecule has 1 aliphatic heterocycles. The topological polar surface area (TPSA) is 47.1 Å². The second-order valence-corrected chi connectivity index (χ2v) is 4.88. The van der Waals surface area contributed by atoms with E-state index in [-0.39, 0.29) is 0 Å². The van der Waals surface area contributed by atoms with Gasteiger partial charge in [0.2, 0.25) is 0 Å². The quantitative estimate of drug-likeness (QED) is 0.738. The van der Waals surface area contributed by atoms with Crippen molar-refractivity contribution in [3.63, 3.8) is 0 Å². The monoisotopic (exact) mass is 212 g/mol. The Hall–Kier alpha value is -0.520. The molecule has 1 fully saturated rings. The molecule has 0 aliphatic carbocycles. The first kappa shape index (κ1) is 10.0. The normalized spacial score (nSPS) is 20.1. The highest BCUT2D eigenvalue weighted by Crippen LogP contribution is 2.24. The predicted octanol–water partition coefficient (Wildman–Crippen LogP) is 0.850. The minimum atomic E-state index is 0.403. The summed E-state index contributed by atoms with van der Waals surface area (Å²) in [6.07, 6.45) is 6.15. The van der Waals surface area contributed by atoms with Gasteiger partial charge in [-0.2, -0.15) is 5.10 Å². The van der Waals surface area contributed by atoms with Crippen LogP contribution < -0.4 is 5.73 Å². The molecule has 0 radical (unpaired) electrons. The van der Waals surface area contributed by atoms with E-state index in [1.807, 2.05) is 24.1 Å². The maximum atomic E-state index is 5.84. The molecule has 1 aliphatic rings. The minimum absolute atomic E-state index is 0.403. The standard InChI is InChI=1S/C9H16N4S/c1-12-7-9(6-11-12)14-13-4-2-8(10)3-5-13/h6-8H,2-5,10H2,1H3. The van der Waals surface area contributed by atoms with Gasteiger partial charge in [-0.05, 0) is 24.8 Å². The fourth-order valence-corrected chi connectivity index (χ4v) is 2.55. The first-order valence-corrected chi connectivity index (χ1v) is 5.68. The number of hydrogen-bond acceptors (Lipinski definition) is 4. The van der Waals surface area contributed by atoms with Crippen molar-refractivity contribution in [2.24, 2.45) is 12.8 Å². The lowest BCUT2D eigenvalue weighted by Gasteiger charge is -2.28. The van der Waals surface area contributed by atoms with E-state index in [9.17, 15) is 0 Å². The van der Waals surface area contributed by atoms with Gasteiger partial charge in [-0.25, -0.2) is 4.31 Å². The smallest absolute Gasteiger partial charge is 0.0639 e. The summed E-state index contributed by atoms with van der Waals surface area (Å²) in [7, 11) is 1.94. The van der Waals surface area contributed by atoms with Crippen LogP contribution >= 0.6 is 11.9 Å². The zero-order chi connectivity index (χ0) is 9.97. The average molecular weight is 212 g/mol. The maximum absolute atomic E-state index is 5.84. The van der Waals surface area contributed by atoms with E-state index in [0.717, 1.165) is 25.9 Å². The van der Waals surface area contributed by atoms with Gasteiger partial charge in [-0.1, -0.05) is 0 Å². The molecule has 0 atom stereocenters. The van der Waals surface area contributed by atoms with E-state index in [1.165, 1.54) is 4.90 Å². The summed E-state index contributed by atoms with van der Waals surface area (Å²) in [5, 5.41) is 4.14. The predicted molar refractivity (Wildman–Crippen MR) is 57.8 cm³/mol. The van der Waals surface area contributed by atoms with Crippen molar-refractivity contribution in [1.29, 1.82) is 0 Å². The number of aromatic nitrogens is 2. The van der Waals surface area contributed by atoms with Crippen molar-refractivity contribution in [2.45, 2.75) is 23.8 Å². The van der Waals surface area contributed by atoms with Crippen LogP contribution in [0.15, 0.2) is 17.3 Å². The van der Waals surface area contributed by atoms with Crippen LogP contribution in [-0.4, -0.2) is 33.2 Å². The molecule has 1 saturated heterocycles. The van der Waals surface area contributed by atoms with Crippen molar-refractivity contribution in [3.05, 3.63) is 12.4 Å². The molecule has 0 aromatic carbocycles. The zero-order valence-electron chi connectivity index (χ0n) is 8.39. The Bertz CT molecular complexity index is 291. The van der Waals surface area contributed by atoms with Gasteiger partial charge in [0.05, 0.1) is 11.1 Å². The molecule has 2 rings (SSSR count). The summed E-state index contributed by atoms with van der Waals surface area (Å²) in [4.78, 5) is 1.21. The molecule has 0 bridgehead atoms.